The lowest BCUT2D eigenvalue weighted by atomic mass is 9.86. The van der Waals surface area contributed by atoms with Gasteiger partial charge in [-0.3, -0.25) is 4.90 Å². The van der Waals surface area contributed by atoms with E-state index < -0.39 is 0 Å². The molecule has 1 aliphatic carbocycles. The lowest BCUT2D eigenvalue weighted by Crippen LogP contribution is -2.32. The minimum absolute atomic E-state index is 0.0229. The Morgan fingerprint density at radius 2 is 1.90 bits per heavy atom. The van der Waals surface area contributed by atoms with Crippen molar-refractivity contribution in [3.63, 3.8) is 0 Å². The van der Waals surface area contributed by atoms with Crippen LogP contribution in [0.15, 0.2) is 30.3 Å². The van der Waals surface area contributed by atoms with Crippen molar-refractivity contribution in [3.05, 3.63) is 47.0 Å². The molecule has 0 aromatic heterocycles. The van der Waals surface area contributed by atoms with Gasteiger partial charge >= 0.3 is 0 Å². The first-order valence-electron chi connectivity index (χ1n) is 7.53. The van der Waals surface area contributed by atoms with E-state index in [1.807, 2.05) is 6.07 Å². The molecule has 21 heavy (non-hydrogen) atoms. The number of aryl methyl sites for hydroxylation is 1. The van der Waals surface area contributed by atoms with E-state index in [0.717, 1.165) is 42.5 Å². The van der Waals surface area contributed by atoms with E-state index in [1.165, 1.54) is 11.1 Å². The monoisotopic (exact) mass is 281 g/mol. The number of aromatic hydroxyl groups is 2. The molecule has 2 aromatic carbocycles. The van der Waals surface area contributed by atoms with Gasteiger partial charge in [0.15, 0.2) is 11.5 Å². The Bertz CT molecular complexity index is 723. The Labute approximate surface area is 124 Å². The molecule has 0 amide bonds. The molecule has 4 rings (SSSR count). The molecule has 1 heterocycles. The Morgan fingerprint density at radius 1 is 1.05 bits per heavy atom. The van der Waals surface area contributed by atoms with Crippen LogP contribution >= 0.6 is 0 Å². The lowest BCUT2D eigenvalue weighted by molar-refractivity contribution is 0.221. The summed E-state index contributed by atoms with van der Waals surface area (Å²) in [6.45, 7) is 1.08. The van der Waals surface area contributed by atoms with Crippen LogP contribution in [-0.4, -0.2) is 28.7 Å². The molecule has 0 saturated heterocycles. The lowest BCUT2D eigenvalue weighted by Gasteiger charge is -2.35. The standard InChI is InChI=1S/C18H19NO2/c1-19-10-9-11-3-2-4-13-16(11)14(19)7-5-12-6-8-15(20)18(21)17(12)13/h2-4,6,8,14,20-21H,5,7,9-10H2,1H3. The average Bonchev–Trinajstić information content (AvgIpc) is 2.66. The Balaban J connectivity index is 2.05. The molecule has 2 aliphatic rings. The van der Waals surface area contributed by atoms with Gasteiger partial charge in [-0.1, -0.05) is 24.3 Å². The second-order valence-electron chi connectivity index (χ2n) is 6.13. The molecule has 108 valence electrons. The van der Waals surface area contributed by atoms with E-state index in [9.17, 15) is 10.2 Å². The fourth-order valence-electron chi connectivity index (χ4n) is 3.90. The van der Waals surface area contributed by atoms with Crippen molar-refractivity contribution >= 4 is 0 Å². The van der Waals surface area contributed by atoms with Gasteiger partial charge in [-0.15, -0.1) is 0 Å². The molecule has 3 heteroatoms. The van der Waals surface area contributed by atoms with Gasteiger partial charge in [0.05, 0.1) is 0 Å². The molecular formula is C18H19NO2. The normalized spacial score (nSPS) is 20.5. The van der Waals surface area contributed by atoms with Crippen molar-refractivity contribution in [3.8, 4) is 22.6 Å². The average molecular weight is 281 g/mol. The highest BCUT2D eigenvalue weighted by Crippen LogP contribution is 2.48. The highest BCUT2D eigenvalue weighted by molar-refractivity contribution is 5.81. The summed E-state index contributed by atoms with van der Waals surface area (Å²) in [5.41, 5.74) is 5.76. The molecular weight excluding hydrogens is 262 g/mol. The van der Waals surface area contributed by atoms with E-state index in [1.54, 1.807) is 6.07 Å². The van der Waals surface area contributed by atoms with Gasteiger partial charge in [-0.25, -0.2) is 0 Å². The quantitative estimate of drug-likeness (QED) is 0.729. The Morgan fingerprint density at radius 3 is 2.76 bits per heavy atom. The first kappa shape index (κ1) is 12.7. The Kier molecular flexibility index (Phi) is 2.73. The van der Waals surface area contributed by atoms with Crippen molar-refractivity contribution < 1.29 is 10.2 Å². The van der Waals surface area contributed by atoms with E-state index >= 15 is 0 Å². The van der Waals surface area contributed by atoms with Crippen LogP contribution in [0.3, 0.4) is 0 Å². The van der Waals surface area contributed by atoms with Crippen molar-refractivity contribution in [1.82, 2.24) is 4.90 Å². The van der Waals surface area contributed by atoms with Crippen LogP contribution in [0.1, 0.15) is 29.2 Å². The third kappa shape index (κ3) is 1.77. The predicted octanol–water partition coefficient (Wildman–Crippen LogP) is 3.24. The zero-order valence-electron chi connectivity index (χ0n) is 12.1. The van der Waals surface area contributed by atoms with Crippen molar-refractivity contribution in [2.75, 3.05) is 13.6 Å². The highest BCUT2D eigenvalue weighted by Gasteiger charge is 2.31. The number of benzene rings is 2. The maximum Gasteiger partial charge on any atom is 0.165 e. The number of nitrogens with zero attached hydrogens (tertiary/aromatic N) is 1. The van der Waals surface area contributed by atoms with Crippen LogP contribution in [0.2, 0.25) is 0 Å². The predicted molar refractivity (Wildman–Crippen MR) is 82.6 cm³/mol. The second kappa shape index (κ2) is 4.50. The molecule has 0 fully saturated rings. The van der Waals surface area contributed by atoms with Crippen LogP contribution in [0, 0.1) is 0 Å². The summed E-state index contributed by atoms with van der Waals surface area (Å²) in [5, 5.41) is 20.3. The van der Waals surface area contributed by atoms with E-state index in [2.05, 4.69) is 30.1 Å². The first-order valence-corrected chi connectivity index (χ1v) is 7.53. The summed E-state index contributed by atoms with van der Waals surface area (Å²) in [6, 6.07) is 10.3. The molecule has 0 saturated carbocycles. The molecule has 1 aliphatic heterocycles. The van der Waals surface area contributed by atoms with E-state index in [-0.39, 0.29) is 11.5 Å². The zero-order chi connectivity index (χ0) is 14.6. The van der Waals surface area contributed by atoms with Gasteiger partial charge in [0.25, 0.3) is 0 Å². The number of phenolic OH excluding ortho intramolecular Hbond substituents is 2. The maximum absolute atomic E-state index is 10.4. The number of fused-ring (bicyclic) bond motifs is 2. The molecule has 1 atom stereocenters. The third-order valence-corrected chi connectivity index (χ3v) is 4.99. The maximum atomic E-state index is 10.4. The minimum Gasteiger partial charge on any atom is -0.504 e. The number of likely N-dealkylation sites (N-methyl/N-ethyl adjacent to an activating group) is 1. The van der Waals surface area contributed by atoms with Crippen molar-refractivity contribution in [2.24, 2.45) is 0 Å². The van der Waals surface area contributed by atoms with Crippen LogP contribution in [-0.2, 0) is 12.8 Å². The van der Waals surface area contributed by atoms with Crippen molar-refractivity contribution in [1.29, 1.82) is 0 Å². The van der Waals surface area contributed by atoms with Gasteiger partial charge in [0.1, 0.15) is 0 Å². The van der Waals surface area contributed by atoms with Crippen LogP contribution in [0.5, 0.6) is 11.5 Å². The fourth-order valence-corrected chi connectivity index (χ4v) is 3.90. The van der Waals surface area contributed by atoms with Crippen LogP contribution in [0.4, 0.5) is 0 Å². The number of phenols is 2. The van der Waals surface area contributed by atoms with Crippen molar-refractivity contribution in [2.45, 2.75) is 25.3 Å². The molecule has 0 spiro atoms. The first-order chi connectivity index (χ1) is 10.2. The van der Waals surface area contributed by atoms with E-state index in [4.69, 9.17) is 0 Å². The molecule has 2 N–H and O–H groups in total. The SMILES string of the molecule is CN1CCc2cccc3c2C1CCc1ccc(O)c(O)c1-3. The summed E-state index contributed by atoms with van der Waals surface area (Å²) in [5.74, 6) is -0.0104. The van der Waals surface area contributed by atoms with Crippen LogP contribution < -0.4 is 0 Å². The molecule has 0 bridgehead atoms. The summed E-state index contributed by atoms with van der Waals surface area (Å²) >= 11 is 0. The van der Waals surface area contributed by atoms with E-state index in [0.29, 0.717) is 6.04 Å². The van der Waals surface area contributed by atoms with Gasteiger partial charge in [0.2, 0.25) is 0 Å². The molecule has 0 radical (unpaired) electrons. The van der Waals surface area contributed by atoms with Gasteiger partial charge in [-0.2, -0.15) is 0 Å². The van der Waals surface area contributed by atoms with Gasteiger partial charge in [0, 0.05) is 18.2 Å². The minimum atomic E-state index is -0.0334. The number of hydrogen-bond acceptors (Lipinski definition) is 3. The second-order valence-corrected chi connectivity index (χ2v) is 6.13. The smallest absolute Gasteiger partial charge is 0.165 e. The summed E-state index contributed by atoms with van der Waals surface area (Å²) in [4.78, 5) is 2.41. The van der Waals surface area contributed by atoms with Gasteiger partial charge < -0.3 is 10.2 Å². The Hall–Kier alpha value is -2.00. The molecule has 2 aromatic rings. The summed E-state index contributed by atoms with van der Waals surface area (Å²) in [7, 11) is 2.18. The number of hydrogen-bond donors (Lipinski definition) is 2. The number of rotatable bonds is 0. The molecule has 3 nitrogen and oxygen atoms in total. The topological polar surface area (TPSA) is 43.7 Å². The van der Waals surface area contributed by atoms with Gasteiger partial charge in [-0.05, 0) is 54.6 Å². The zero-order valence-corrected chi connectivity index (χ0v) is 12.1. The third-order valence-electron chi connectivity index (χ3n) is 4.99. The summed E-state index contributed by atoms with van der Waals surface area (Å²) in [6.07, 6.45) is 3.02. The highest BCUT2D eigenvalue weighted by atomic mass is 16.3. The van der Waals surface area contributed by atoms with Crippen LogP contribution in [0.25, 0.3) is 11.1 Å². The summed E-state index contributed by atoms with van der Waals surface area (Å²) < 4.78 is 0. The fraction of sp³-hybridized carbons (Fsp3) is 0.333. The largest absolute Gasteiger partial charge is 0.504 e. The molecule has 1 unspecified atom stereocenters.